The summed E-state index contributed by atoms with van der Waals surface area (Å²) in [6, 6.07) is 11.1. The first-order chi connectivity index (χ1) is 21.3. The van der Waals surface area contributed by atoms with Gasteiger partial charge in [0.25, 0.3) is 0 Å². The highest BCUT2D eigenvalue weighted by Crippen LogP contribution is 2.30. The number of carbonyl (C=O) groups is 3. The van der Waals surface area contributed by atoms with Gasteiger partial charge in [-0.25, -0.2) is 9.78 Å². The summed E-state index contributed by atoms with van der Waals surface area (Å²) in [4.78, 5) is 47.4. The van der Waals surface area contributed by atoms with E-state index in [1.807, 2.05) is 0 Å². The standard InChI is InChI=1S/C28H28Cl2N10O4/c1-44-28(43)33-20-6-2-17(3-7-20)25-26(30)36-27(35-25)21(15-24(42)39-12-10-31-11-13-39)34-23(41)9-4-18-14-19(29)5-8-22(18)40-16-32-37-38-40/h2-9,14,16,21,31H,10-13,15H2,1H3,(H,33,43)(H,34,41)(H,35,36)/t21-/m0/s1. The van der Waals surface area contributed by atoms with E-state index in [-0.39, 0.29) is 17.5 Å². The number of amides is 3. The lowest BCUT2D eigenvalue weighted by molar-refractivity contribution is -0.132. The van der Waals surface area contributed by atoms with Gasteiger partial charge < -0.3 is 25.3 Å². The molecule has 228 valence electrons. The lowest BCUT2D eigenvalue weighted by Gasteiger charge is -2.28. The molecule has 3 amide bonds. The lowest BCUT2D eigenvalue weighted by Crippen LogP contribution is -2.47. The first kappa shape index (κ1) is 30.7. The molecule has 0 bridgehead atoms. The molecule has 5 rings (SSSR count). The van der Waals surface area contributed by atoms with E-state index < -0.39 is 18.0 Å². The Morgan fingerprint density at radius 1 is 1.11 bits per heavy atom. The maximum Gasteiger partial charge on any atom is 0.411 e. The Hall–Kier alpha value is -4.79. The molecule has 2 aromatic carbocycles. The van der Waals surface area contributed by atoms with Gasteiger partial charge in [-0.1, -0.05) is 35.3 Å². The van der Waals surface area contributed by atoms with E-state index in [4.69, 9.17) is 23.2 Å². The van der Waals surface area contributed by atoms with Gasteiger partial charge in [0.1, 0.15) is 23.0 Å². The largest absolute Gasteiger partial charge is 0.453 e. The van der Waals surface area contributed by atoms with Crippen LogP contribution in [-0.2, 0) is 14.3 Å². The van der Waals surface area contributed by atoms with Gasteiger partial charge in [0.05, 0.1) is 25.3 Å². The first-order valence-corrected chi connectivity index (χ1v) is 14.3. The van der Waals surface area contributed by atoms with Crippen molar-refractivity contribution in [2.75, 3.05) is 38.6 Å². The molecule has 1 fully saturated rings. The molecule has 0 radical (unpaired) electrons. The van der Waals surface area contributed by atoms with Crippen LogP contribution in [0.5, 0.6) is 0 Å². The average Bonchev–Trinajstić information content (AvgIpc) is 3.71. The minimum Gasteiger partial charge on any atom is -0.453 e. The summed E-state index contributed by atoms with van der Waals surface area (Å²) in [5.41, 5.74) is 2.81. The summed E-state index contributed by atoms with van der Waals surface area (Å²) in [7, 11) is 1.28. The van der Waals surface area contributed by atoms with E-state index in [0.717, 1.165) is 0 Å². The summed E-state index contributed by atoms with van der Waals surface area (Å²) >= 11 is 12.7. The molecule has 4 N–H and O–H groups in total. The summed E-state index contributed by atoms with van der Waals surface area (Å²) < 4.78 is 6.07. The number of piperazine rings is 1. The molecule has 44 heavy (non-hydrogen) atoms. The zero-order valence-electron chi connectivity index (χ0n) is 23.5. The second-order valence-electron chi connectivity index (χ2n) is 9.67. The van der Waals surface area contributed by atoms with Crippen molar-refractivity contribution in [2.45, 2.75) is 12.5 Å². The highest BCUT2D eigenvalue weighted by Gasteiger charge is 2.26. The number of aromatic nitrogens is 6. The van der Waals surface area contributed by atoms with Crippen molar-refractivity contribution >= 4 is 52.9 Å². The summed E-state index contributed by atoms with van der Waals surface area (Å²) in [6.07, 6.45) is 3.71. The Morgan fingerprint density at radius 3 is 2.59 bits per heavy atom. The van der Waals surface area contributed by atoms with Gasteiger partial charge in [0.2, 0.25) is 11.8 Å². The van der Waals surface area contributed by atoms with E-state index in [0.29, 0.717) is 65.2 Å². The molecule has 0 unspecified atom stereocenters. The molecule has 0 saturated carbocycles. The molecule has 2 aromatic heterocycles. The van der Waals surface area contributed by atoms with Crippen LogP contribution >= 0.6 is 23.2 Å². The normalized spacial score (nSPS) is 13.9. The topological polar surface area (TPSA) is 172 Å². The predicted octanol–water partition coefficient (Wildman–Crippen LogP) is 3.23. The predicted molar refractivity (Wildman–Crippen MR) is 163 cm³/mol. The van der Waals surface area contributed by atoms with E-state index >= 15 is 0 Å². The van der Waals surface area contributed by atoms with Crippen molar-refractivity contribution in [3.63, 3.8) is 0 Å². The molecule has 16 heteroatoms. The van der Waals surface area contributed by atoms with Crippen molar-refractivity contribution in [1.29, 1.82) is 0 Å². The van der Waals surface area contributed by atoms with E-state index in [9.17, 15) is 14.4 Å². The number of anilines is 1. The quantitative estimate of drug-likeness (QED) is 0.201. The smallest absolute Gasteiger partial charge is 0.411 e. The van der Waals surface area contributed by atoms with Gasteiger partial charge in [-0.3, -0.25) is 14.9 Å². The number of methoxy groups -OCH3 is 1. The fourth-order valence-corrected chi connectivity index (χ4v) is 4.99. The highest BCUT2D eigenvalue weighted by atomic mass is 35.5. The zero-order chi connectivity index (χ0) is 31.1. The Morgan fingerprint density at radius 2 is 1.89 bits per heavy atom. The molecule has 14 nitrogen and oxygen atoms in total. The van der Waals surface area contributed by atoms with Crippen LogP contribution in [0.1, 0.15) is 23.9 Å². The molecule has 1 aliphatic heterocycles. The molecular weight excluding hydrogens is 611 g/mol. The van der Waals surface area contributed by atoms with Crippen LogP contribution in [0.3, 0.4) is 0 Å². The third-order valence-electron chi connectivity index (χ3n) is 6.76. The molecule has 1 atom stereocenters. The Kier molecular flexibility index (Phi) is 9.84. The van der Waals surface area contributed by atoms with Gasteiger partial charge in [-0.05, 0) is 46.8 Å². The fourth-order valence-electron chi connectivity index (χ4n) is 4.56. The Labute approximate surface area is 261 Å². The molecule has 0 aliphatic carbocycles. The molecule has 0 spiro atoms. The number of H-pyrrole nitrogens is 1. The van der Waals surface area contributed by atoms with Crippen LogP contribution < -0.4 is 16.0 Å². The summed E-state index contributed by atoms with van der Waals surface area (Å²) in [6.45, 7) is 2.49. The third kappa shape index (κ3) is 7.58. The number of aromatic amines is 1. The van der Waals surface area contributed by atoms with E-state index in [2.05, 4.69) is 46.2 Å². The number of carbonyl (C=O) groups excluding carboxylic acids is 3. The summed E-state index contributed by atoms with van der Waals surface area (Å²) in [5.74, 6) is -0.300. The Bertz CT molecular complexity index is 1650. The molecule has 1 saturated heterocycles. The molecule has 3 heterocycles. The van der Waals surface area contributed by atoms with Crippen LogP contribution in [0.25, 0.3) is 23.0 Å². The van der Waals surface area contributed by atoms with Crippen LogP contribution in [0.15, 0.2) is 54.9 Å². The molecular formula is C28H28Cl2N10O4. The highest BCUT2D eigenvalue weighted by molar-refractivity contribution is 6.32. The van der Waals surface area contributed by atoms with Crippen LogP contribution in [0.2, 0.25) is 10.2 Å². The van der Waals surface area contributed by atoms with Crippen molar-refractivity contribution in [3.8, 4) is 16.9 Å². The van der Waals surface area contributed by atoms with Crippen molar-refractivity contribution in [1.82, 2.24) is 45.7 Å². The maximum absolute atomic E-state index is 13.2. The van der Waals surface area contributed by atoms with Crippen molar-refractivity contribution < 1.29 is 19.1 Å². The summed E-state index contributed by atoms with van der Waals surface area (Å²) in [5, 5.41) is 20.6. The van der Waals surface area contributed by atoms with Gasteiger partial charge in [-0.15, -0.1) is 5.10 Å². The van der Waals surface area contributed by atoms with E-state index in [1.165, 1.54) is 24.2 Å². The number of rotatable bonds is 9. The average molecular weight is 640 g/mol. The number of hydrogen-bond acceptors (Lipinski definition) is 9. The minimum absolute atomic E-state index is 0.0438. The number of halogens is 2. The number of nitrogens with one attached hydrogen (secondary N) is 4. The third-order valence-corrected chi connectivity index (χ3v) is 7.27. The zero-order valence-corrected chi connectivity index (χ0v) is 25.0. The Balaban J connectivity index is 1.38. The van der Waals surface area contributed by atoms with Crippen molar-refractivity contribution in [3.05, 3.63) is 76.4 Å². The maximum atomic E-state index is 13.2. The molecule has 1 aliphatic rings. The number of hydrogen-bond donors (Lipinski definition) is 4. The monoisotopic (exact) mass is 638 g/mol. The van der Waals surface area contributed by atoms with Gasteiger partial charge in [-0.2, -0.15) is 4.68 Å². The number of ether oxygens (including phenoxy) is 1. The van der Waals surface area contributed by atoms with Gasteiger partial charge >= 0.3 is 6.09 Å². The lowest BCUT2D eigenvalue weighted by atomic mass is 10.1. The van der Waals surface area contributed by atoms with Gasteiger partial charge in [0, 0.05) is 54.1 Å². The molecule has 4 aromatic rings. The second kappa shape index (κ2) is 14.1. The number of imidazole rings is 1. The van der Waals surface area contributed by atoms with Gasteiger partial charge in [0.15, 0.2) is 0 Å². The fraction of sp³-hybridized carbons (Fsp3) is 0.250. The number of benzene rings is 2. The van der Waals surface area contributed by atoms with Crippen molar-refractivity contribution in [2.24, 2.45) is 0 Å². The number of tetrazole rings is 1. The SMILES string of the molecule is COC(=O)Nc1ccc(-c2nc([C@H](CC(=O)N3CCNCC3)NC(=O)C=Cc3cc(Cl)ccc3-n3cnnn3)[nH]c2Cl)cc1. The van der Waals surface area contributed by atoms with Crippen LogP contribution in [-0.4, -0.2) is 86.3 Å². The van der Waals surface area contributed by atoms with E-state index in [1.54, 1.807) is 53.4 Å². The van der Waals surface area contributed by atoms with Crippen LogP contribution in [0.4, 0.5) is 10.5 Å². The first-order valence-electron chi connectivity index (χ1n) is 13.5. The second-order valence-corrected chi connectivity index (χ2v) is 10.5. The minimum atomic E-state index is -0.820. The number of nitrogens with zero attached hydrogens (tertiary/aromatic N) is 6. The van der Waals surface area contributed by atoms with Crippen LogP contribution in [0, 0.1) is 0 Å².